The van der Waals surface area contributed by atoms with Crippen LogP contribution in [-0.2, 0) is 4.74 Å². The number of nitrogens with one attached hydrogen (secondary N) is 2. The number of hydrazine groups is 1. The van der Waals surface area contributed by atoms with E-state index in [4.69, 9.17) is 9.47 Å². The Morgan fingerprint density at radius 1 is 1.14 bits per heavy atom. The van der Waals surface area contributed by atoms with Crippen LogP contribution >= 0.6 is 0 Å². The second-order valence-electron chi connectivity index (χ2n) is 5.39. The maximum atomic E-state index is 11.5. The highest BCUT2D eigenvalue weighted by Crippen LogP contribution is 2.17. The number of nitrogens with zero attached hydrogens (tertiary/aromatic N) is 2. The molecule has 2 N–H and O–H groups in total. The molecule has 2 aromatic rings. The van der Waals surface area contributed by atoms with Gasteiger partial charge in [0.05, 0.1) is 0 Å². The predicted octanol–water partition coefficient (Wildman–Crippen LogP) is 3.12. The maximum absolute atomic E-state index is 11.5. The largest absolute Gasteiger partial charge is 0.443 e. The highest BCUT2D eigenvalue weighted by atomic mass is 16.6. The van der Waals surface area contributed by atoms with E-state index in [-0.39, 0.29) is 6.01 Å². The van der Waals surface area contributed by atoms with E-state index in [2.05, 4.69) is 20.8 Å². The molecule has 0 aliphatic carbocycles. The van der Waals surface area contributed by atoms with Gasteiger partial charge in [0.2, 0.25) is 0 Å². The highest BCUT2D eigenvalue weighted by molar-refractivity contribution is 5.69. The summed E-state index contributed by atoms with van der Waals surface area (Å²) >= 11 is 0. The number of anilines is 1. The third kappa shape index (κ3) is 5.28. The summed E-state index contributed by atoms with van der Waals surface area (Å²) in [6.07, 6.45) is 0.918. The average molecular weight is 302 g/mol. The highest BCUT2D eigenvalue weighted by Gasteiger charge is 2.15. The van der Waals surface area contributed by atoms with Gasteiger partial charge in [-0.2, -0.15) is 4.98 Å². The number of para-hydroxylation sites is 1. The van der Waals surface area contributed by atoms with E-state index < -0.39 is 11.7 Å². The Morgan fingerprint density at radius 2 is 1.86 bits per heavy atom. The summed E-state index contributed by atoms with van der Waals surface area (Å²) in [4.78, 5) is 19.7. The molecule has 116 valence electrons. The molecule has 0 unspecified atom stereocenters. The van der Waals surface area contributed by atoms with Crippen molar-refractivity contribution in [2.75, 3.05) is 5.43 Å². The van der Waals surface area contributed by atoms with Gasteiger partial charge in [-0.25, -0.2) is 15.2 Å². The number of carbonyl (C=O) groups excluding carboxylic acids is 1. The summed E-state index contributed by atoms with van der Waals surface area (Å²) in [7, 11) is 0. The number of benzene rings is 1. The molecule has 0 radical (unpaired) electrons. The second-order valence-corrected chi connectivity index (χ2v) is 5.39. The number of carbonyl (C=O) groups is 1. The number of rotatable bonds is 4. The van der Waals surface area contributed by atoms with Crippen molar-refractivity contribution in [1.82, 2.24) is 15.4 Å². The quantitative estimate of drug-likeness (QED) is 0.844. The van der Waals surface area contributed by atoms with Crippen LogP contribution < -0.4 is 15.6 Å². The fraction of sp³-hybridized carbons (Fsp3) is 0.267. The molecule has 2 rings (SSSR count). The number of hydrogen-bond acceptors (Lipinski definition) is 6. The van der Waals surface area contributed by atoms with Crippen molar-refractivity contribution < 1.29 is 14.3 Å². The summed E-state index contributed by atoms with van der Waals surface area (Å²) < 4.78 is 10.6. The van der Waals surface area contributed by atoms with Gasteiger partial charge >= 0.3 is 12.1 Å². The standard InChI is InChI=1S/C15H18N4O3/c1-15(2,3)22-14(20)19-18-12-9-10-16-13(17-12)21-11-7-5-4-6-8-11/h4-10H,1-3H3,(H,19,20)(H,16,17,18). The summed E-state index contributed by atoms with van der Waals surface area (Å²) in [5.74, 6) is 1.01. The number of amides is 1. The molecule has 22 heavy (non-hydrogen) atoms. The Labute approximate surface area is 128 Å². The van der Waals surface area contributed by atoms with E-state index in [1.165, 1.54) is 6.20 Å². The van der Waals surface area contributed by atoms with Gasteiger partial charge in [0, 0.05) is 12.3 Å². The minimum absolute atomic E-state index is 0.169. The Bertz CT molecular complexity index is 626. The zero-order chi connectivity index (χ0) is 16.0. The van der Waals surface area contributed by atoms with Crippen LogP contribution in [0.3, 0.4) is 0 Å². The zero-order valence-electron chi connectivity index (χ0n) is 12.7. The molecule has 0 aliphatic rings. The molecule has 0 bridgehead atoms. The molecule has 1 heterocycles. The van der Waals surface area contributed by atoms with Crippen LogP contribution in [0.4, 0.5) is 10.6 Å². The molecular weight excluding hydrogens is 284 g/mol. The minimum Gasteiger partial charge on any atom is -0.443 e. The lowest BCUT2D eigenvalue weighted by Gasteiger charge is -2.19. The van der Waals surface area contributed by atoms with Gasteiger partial charge in [-0.15, -0.1) is 0 Å². The first-order valence-electron chi connectivity index (χ1n) is 6.73. The fourth-order valence-corrected chi connectivity index (χ4v) is 1.47. The maximum Gasteiger partial charge on any atom is 0.426 e. The minimum atomic E-state index is -0.600. The first-order valence-corrected chi connectivity index (χ1v) is 6.73. The fourth-order valence-electron chi connectivity index (χ4n) is 1.47. The van der Waals surface area contributed by atoms with Crippen LogP contribution in [0, 0.1) is 0 Å². The lowest BCUT2D eigenvalue weighted by molar-refractivity contribution is 0.0540. The van der Waals surface area contributed by atoms with Crippen LogP contribution in [0.25, 0.3) is 0 Å². The van der Waals surface area contributed by atoms with Crippen molar-refractivity contribution in [2.45, 2.75) is 26.4 Å². The van der Waals surface area contributed by atoms with Crippen LogP contribution in [0.15, 0.2) is 42.6 Å². The number of ether oxygens (including phenoxy) is 2. The Morgan fingerprint density at radius 3 is 2.55 bits per heavy atom. The molecule has 1 amide bonds. The Kier molecular flexibility index (Phi) is 4.77. The van der Waals surface area contributed by atoms with Gasteiger partial charge in [0.1, 0.15) is 11.4 Å². The molecule has 0 aliphatic heterocycles. The average Bonchev–Trinajstić information content (AvgIpc) is 2.45. The molecule has 0 atom stereocenters. The zero-order valence-corrected chi connectivity index (χ0v) is 12.7. The number of hydrogen-bond donors (Lipinski definition) is 2. The van der Waals surface area contributed by atoms with Gasteiger partial charge in [-0.05, 0) is 32.9 Å². The van der Waals surface area contributed by atoms with Gasteiger partial charge < -0.3 is 9.47 Å². The Hall–Kier alpha value is -2.83. The van der Waals surface area contributed by atoms with Crippen molar-refractivity contribution in [2.24, 2.45) is 0 Å². The van der Waals surface area contributed by atoms with Gasteiger partial charge in [0.25, 0.3) is 0 Å². The van der Waals surface area contributed by atoms with E-state index in [0.29, 0.717) is 11.6 Å². The van der Waals surface area contributed by atoms with Crippen molar-refractivity contribution in [3.05, 3.63) is 42.6 Å². The smallest absolute Gasteiger partial charge is 0.426 e. The topological polar surface area (TPSA) is 85.4 Å². The van der Waals surface area contributed by atoms with E-state index >= 15 is 0 Å². The first kappa shape index (κ1) is 15.6. The third-order valence-corrected chi connectivity index (χ3v) is 2.28. The second kappa shape index (κ2) is 6.75. The molecule has 1 aromatic carbocycles. The molecule has 0 fully saturated rings. The van der Waals surface area contributed by atoms with E-state index in [1.807, 2.05) is 18.2 Å². The molecule has 1 aromatic heterocycles. The van der Waals surface area contributed by atoms with Crippen molar-refractivity contribution >= 4 is 11.9 Å². The third-order valence-electron chi connectivity index (χ3n) is 2.28. The van der Waals surface area contributed by atoms with Crippen molar-refractivity contribution in [1.29, 1.82) is 0 Å². The molecule has 0 saturated heterocycles. The van der Waals surface area contributed by atoms with Crippen molar-refractivity contribution in [3.63, 3.8) is 0 Å². The SMILES string of the molecule is CC(C)(C)OC(=O)NNc1ccnc(Oc2ccccc2)n1. The normalized spacial score (nSPS) is 10.7. The van der Waals surface area contributed by atoms with Crippen molar-refractivity contribution in [3.8, 4) is 11.8 Å². The first-order chi connectivity index (χ1) is 10.4. The van der Waals surface area contributed by atoms with Gasteiger partial charge in [-0.3, -0.25) is 5.43 Å². The summed E-state index contributed by atoms with van der Waals surface area (Å²) in [5.41, 5.74) is 4.46. The monoisotopic (exact) mass is 302 g/mol. The Balaban J connectivity index is 1.93. The summed E-state index contributed by atoms with van der Waals surface area (Å²) in [5, 5.41) is 0. The van der Waals surface area contributed by atoms with Gasteiger partial charge in [0.15, 0.2) is 5.82 Å². The van der Waals surface area contributed by atoms with Crippen LogP contribution in [0.5, 0.6) is 11.8 Å². The van der Waals surface area contributed by atoms with E-state index in [0.717, 1.165) is 0 Å². The number of aromatic nitrogens is 2. The lowest BCUT2D eigenvalue weighted by Crippen LogP contribution is -2.36. The van der Waals surface area contributed by atoms with Gasteiger partial charge in [-0.1, -0.05) is 18.2 Å². The molecule has 7 heteroatoms. The van der Waals surface area contributed by atoms with Crippen LogP contribution in [-0.4, -0.2) is 21.7 Å². The van der Waals surface area contributed by atoms with Crippen LogP contribution in [0.2, 0.25) is 0 Å². The molecular formula is C15H18N4O3. The molecule has 7 nitrogen and oxygen atoms in total. The summed E-state index contributed by atoms with van der Waals surface area (Å²) in [6, 6.07) is 10.9. The van der Waals surface area contributed by atoms with E-state index in [9.17, 15) is 4.79 Å². The van der Waals surface area contributed by atoms with E-state index in [1.54, 1.807) is 39.0 Å². The molecule has 0 spiro atoms. The summed E-state index contributed by atoms with van der Waals surface area (Å²) in [6.45, 7) is 5.34. The van der Waals surface area contributed by atoms with Crippen LogP contribution in [0.1, 0.15) is 20.8 Å². The molecule has 0 saturated carbocycles. The predicted molar refractivity (Wildman–Crippen MR) is 81.5 cm³/mol. The lowest BCUT2D eigenvalue weighted by atomic mass is 10.2.